The summed E-state index contributed by atoms with van der Waals surface area (Å²) in [5.74, 6) is -0.0961. The molecule has 1 atom stereocenters. The smallest absolute Gasteiger partial charge is 0.237 e. The molecule has 1 heterocycles. The molecule has 0 radical (unpaired) electrons. The average Bonchev–Trinajstić information content (AvgIpc) is 3.07. The van der Waals surface area contributed by atoms with E-state index in [1.54, 1.807) is 24.3 Å². The average molecular weight is 419 g/mol. The number of halogens is 1. The molecule has 0 aliphatic carbocycles. The fourth-order valence-electron chi connectivity index (χ4n) is 2.23. The molecule has 27 heavy (non-hydrogen) atoms. The number of benzene rings is 2. The van der Waals surface area contributed by atoms with Gasteiger partial charge in [0.2, 0.25) is 11.0 Å². The highest BCUT2D eigenvalue weighted by atomic mass is 35.5. The van der Waals surface area contributed by atoms with Crippen LogP contribution < -0.4 is 10.6 Å². The summed E-state index contributed by atoms with van der Waals surface area (Å²) in [6.07, 6.45) is 0. The van der Waals surface area contributed by atoms with E-state index < -0.39 is 0 Å². The summed E-state index contributed by atoms with van der Waals surface area (Å²) in [5.41, 5.74) is 4.15. The summed E-state index contributed by atoms with van der Waals surface area (Å²) >= 11 is 8.66. The van der Waals surface area contributed by atoms with Gasteiger partial charge in [0.25, 0.3) is 0 Å². The van der Waals surface area contributed by atoms with E-state index in [0.29, 0.717) is 15.8 Å². The van der Waals surface area contributed by atoms with E-state index in [1.165, 1.54) is 34.2 Å². The molecule has 0 saturated heterocycles. The van der Waals surface area contributed by atoms with Crippen molar-refractivity contribution < 1.29 is 4.79 Å². The molecule has 0 bridgehead atoms. The van der Waals surface area contributed by atoms with Crippen LogP contribution in [-0.4, -0.2) is 21.4 Å². The third kappa shape index (κ3) is 5.45. The second-order valence-corrected chi connectivity index (χ2v) is 9.06. The lowest BCUT2D eigenvalue weighted by Gasteiger charge is -2.10. The first-order chi connectivity index (χ1) is 12.9. The molecule has 3 aromatic rings. The molecule has 0 fully saturated rings. The third-order valence-corrected chi connectivity index (χ3v) is 6.20. The fraction of sp³-hybridized carbons (Fsp3) is 0.211. The predicted octanol–water partition coefficient (Wildman–Crippen LogP) is 5.67. The van der Waals surface area contributed by atoms with Crippen molar-refractivity contribution >= 4 is 57.1 Å². The maximum Gasteiger partial charge on any atom is 0.237 e. The molecule has 0 aliphatic heterocycles. The third-order valence-electron chi connectivity index (χ3n) is 3.92. The lowest BCUT2D eigenvalue weighted by Crippen LogP contribution is -2.22. The van der Waals surface area contributed by atoms with Gasteiger partial charge in [0.1, 0.15) is 0 Å². The molecule has 1 aromatic heterocycles. The number of anilines is 3. The largest absolute Gasteiger partial charge is 0.330 e. The van der Waals surface area contributed by atoms with Crippen LogP contribution >= 0.6 is 34.7 Å². The van der Waals surface area contributed by atoms with Crippen LogP contribution in [0.25, 0.3) is 0 Å². The molecule has 0 aliphatic rings. The number of aryl methyl sites for hydroxylation is 2. The van der Waals surface area contributed by atoms with Crippen molar-refractivity contribution in [3.63, 3.8) is 0 Å². The van der Waals surface area contributed by atoms with E-state index in [4.69, 9.17) is 11.6 Å². The first kappa shape index (κ1) is 19.7. The van der Waals surface area contributed by atoms with Crippen LogP contribution in [-0.2, 0) is 4.79 Å². The zero-order valence-corrected chi connectivity index (χ0v) is 17.5. The maximum absolute atomic E-state index is 12.3. The van der Waals surface area contributed by atoms with Gasteiger partial charge in [-0.2, -0.15) is 0 Å². The van der Waals surface area contributed by atoms with Crippen LogP contribution in [0.5, 0.6) is 0 Å². The van der Waals surface area contributed by atoms with E-state index in [1.807, 2.05) is 13.0 Å². The van der Waals surface area contributed by atoms with Gasteiger partial charge in [-0.3, -0.25) is 4.79 Å². The highest BCUT2D eigenvalue weighted by Crippen LogP contribution is 2.31. The van der Waals surface area contributed by atoms with Gasteiger partial charge in [0.15, 0.2) is 4.34 Å². The van der Waals surface area contributed by atoms with Gasteiger partial charge >= 0.3 is 0 Å². The number of amides is 1. The van der Waals surface area contributed by atoms with Gasteiger partial charge in [-0.25, -0.2) is 0 Å². The molecule has 2 N–H and O–H groups in total. The molecule has 0 unspecified atom stereocenters. The number of carbonyl (C=O) groups is 1. The van der Waals surface area contributed by atoms with Gasteiger partial charge in [-0.15, -0.1) is 10.2 Å². The number of nitrogens with one attached hydrogen (secondary N) is 2. The second-order valence-electron chi connectivity index (χ2n) is 6.05. The minimum atomic E-state index is -0.303. The summed E-state index contributed by atoms with van der Waals surface area (Å²) in [7, 11) is 0. The highest BCUT2D eigenvalue weighted by molar-refractivity contribution is 8.02. The van der Waals surface area contributed by atoms with Gasteiger partial charge in [-0.05, 0) is 68.3 Å². The van der Waals surface area contributed by atoms with Crippen molar-refractivity contribution in [2.24, 2.45) is 0 Å². The van der Waals surface area contributed by atoms with E-state index in [9.17, 15) is 4.79 Å². The topological polar surface area (TPSA) is 66.9 Å². The Labute approximate surface area is 171 Å². The van der Waals surface area contributed by atoms with Crippen molar-refractivity contribution in [2.45, 2.75) is 30.4 Å². The zero-order valence-electron chi connectivity index (χ0n) is 15.1. The summed E-state index contributed by atoms with van der Waals surface area (Å²) in [4.78, 5) is 12.3. The highest BCUT2D eigenvalue weighted by Gasteiger charge is 2.17. The van der Waals surface area contributed by atoms with Crippen LogP contribution in [0.2, 0.25) is 5.02 Å². The Bertz CT molecular complexity index is 943. The number of hydrogen-bond acceptors (Lipinski definition) is 6. The molecule has 140 valence electrons. The molecule has 5 nitrogen and oxygen atoms in total. The summed E-state index contributed by atoms with van der Waals surface area (Å²) in [5, 5.41) is 15.5. The Morgan fingerprint density at radius 1 is 1.07 bits per heavy atom. The van der Waals surface area contributed by atoms with Crippen molar-refractivity contribution in [1.29, 1.82) is 0 Å². The number of rotatable bonds is 6. The number of carbonyl (C=O) groups excluding carboxylic acids is 1. The molecule has 0 spiro atoms. The van der Waals surface area contributed by atoms with Crippen LogP contribution in [0.4, 0.5) is 16.5 Å². The van der Waals surface area contributed by atoms with Gasteiger partial charge in [0, 0.05) is 16.4 Å². The van der Waals surface area contributed by atoms with Crippen LogP contribution in [0.15, 0.2) is 46.8 Å². The lowest BCUT2D eigenvalue weighted by atomic mass is 10.1. The molecule has 3 rings (SSSR count). The molecular formula is C19H19ClN4OS2. The Hall–Kier alpha value is -2.09. The molecule has 0 saturated carbocycles. The fourth-order valence-corrected chi connectivity index (χ4v) is 4.27. The monoisotopic (exact) mass is 418 g/mol. The second kappa shape index (κ2) is 8.73. The zero-order chi connectivity index (χ0) is 19.4. The van der Waals surface area contributed by atoms with Crippen LogP contribution in [0.3, 0.4) is 0 Å². The molecule has 8 heteroatoms. The summed E-state index contributed by atoms with van der Waals surface area (Å²) in [6, 6.07) is 13.2. The van der Waals surface area contributed by atoms with Crippen molar-refractivity contribution in [1.82, 2.24) is 10.2 Å². The first-order valence-electron chi connectivity index (χ1n) is 8.31. The Morgan fingerprint density at radius 3 is 2.48 bits per heavy atom. The van der Waals surface area contributed by atoms with E-state index in [2.05, 4.69) is 46.8 Å². The number of aromatic nitrogens is 2. The van der Waals surface area contributed by atoms with Gasteiger partial charge in [0.05, 0.1) is 5.25 Å². The normalized spacial score (nSPS) is 11.9. The number of thioether (sulfide) groups is 1. The Balaban J connectivity index is 1.58. The van der Waals surface area contributed by atoms with Crippen LogP contribution in [0.1, 0.15) is 18.1 Å². The first-order valence-corrected chi connectivity index (χ1v) is 10.4. The lowest BCUT2D eigenvalue weighted by molar-refractivity contribution is -0.115. The Morgan fingerprint density at radius 2 is 1.78 bits per heavy atom. The van der Waals surface area contributed by atoms with Crippen molar-refractivity contribution in [3.8, 4) is 0 Å². The molecule has 1 amide bonds. The summed E-state index contributed by atoms with van der Waals surface area (Å²) in [6.45, 7) is 5.99. The predicted molar refractivity (Wildman–Crippen MR) is 115 cm³/mol. The maximum atomic E-state index is 12.3. The minimum Gasteiger partial charge on any atom is -0.330 e. The summed E-state index contributed by atoms with van der Waals surface area (Å²) < 4.78 is 0.736. The molecular weight excluding hydrogens is 400 g/mol. The van der Waals surface area contributed by atoms with E-state index >= 15 is 0 Å². The molecule has 2 aromatic carbocycles. The number of hydrogen-bond donors (Lipinski definition) is 2. The SMILES string of the molecule is Cc1ccc(Nc2nnc(S[C@@H](C)C(=O)Nc3ccc(Cl)cc3)s2)cc1C. The van der Waals surface area contributed by atoms with E-state index in [0.717, 1.165) is 10.0 Å². The van der Waals surface area contributed by atoms with Gasteiger partial charge in [-0.1, -0.05) is 40.8 Å². The van der Waals surface area contributed by atoms with Gasteiger partial charge < -0.3 is 10.6 Å². The van der Waals surface area contributed by atoms with Crippen molar-refractivity contribution in [2.75, 3.05) is 10.6 Å². The van der Waals surface area contributed by atoms with Crippen LogP contribution in [0, 0.1) is 13.8 Å². The Kier molecular flexibility index (Phi) is 6.36. The van der Waals surface area contributed by atoms with E-state index in [-0.39, 0.29) is 11.2 Å². The standard InChI is InChI=1S/C19H19ClN4OS2/c1-11-4-7-16(10-12(11)2)22-18-23-24-19(27-18)26-13(3)17(25)21-15-8-5-14(20)6-9-15/h4-10,13H,1-3H3,(H,21,25)(H,22,23)/t13-/m0/s1. The quantitative estimate of drug-likeness (QED) is 0.504. The van der Waals surface area contributed by atoms with Crippen molar-refractivity contribution in [3.05, 3.63) is 58.6 Å². The minimum absolute atomic E-state index is 0.0961. The number of nitrogens with zero attached hydrogens (tertiary/aromatic N) is 2.